The van der Waals surface area contributed by atoms with Crippen molar-refractivity contribution in [1.82, 2.24) is 15.0 Å². The van der Waals surface area contributed by atoms with Crippen LogP contribution in [0.2, 0.25) is 0 Å². The largest absolute Gasteiger partial charge is 0.264 e. The lowest BCUT2D eigenvalue weighted by Gasteiger charge is -2.13. The SMILES string of the molecule is c1ccc(-c2cc(-c3ccc4c5ccccc5c5ccccc5c5ccccc5c5cc6ccccc6cc5c4c3)nc(-c3ccc(-c4cccnc4)cc3)n2)cc1. The Morgan fingerprint density at radius 3 is 1.26 bits per heavy atom. The van der Waals surface area contributed by atoms with Crippen molar-refractivity contribution in [3.63, 3.8) is 0 Å². The van der Waals surface area contributed by atoms with Gasteiger partial charge >= 0.3 is 0 Å². The molecular formula is C55H35N3. The number of hydrogen-bond acceptors (Lipinski definition) is 3. The van der Waals surface area contributed by atoms with Crippen molar-refractivity contribution in [1.29, 1.82) is 0 Å². The Hall–Kier alpha value is -7.75. The third-order valence-corrected chi connectivity index (χ3v) is 11.4. The van der Waals surface area contributed by atoms with Gasteiger partial charge in [-0.1, -0.05) is 170 Å². The van der Waals surface area contributed by atoms with Crippen LogP contribution in [0.5, 0.6) is 0 Å². The first-order valence-electron chi connectivity index (χ1n) is 19.7. The lowest BCUT2D eigenvalue weighted by atomic mass is 9.92. The predicted molar refractivity (Wildman–Crippen MR) is 244 cm³/mol. The zero-order valence-corrected chi connectivity index (χ0v) is 31.5. The van der Waals surface area contributed by atoms with Crippen LogP contribution in [-0.4, -0.2) is 15.0 Å². The summed E-state index contributed by atoms with van der Waals surface area (Å²) in [7, 11) is 0. The molecule has 2 aromatic heterocycles. The highest BCUT2D eigenvalue weighted by Crippen LogP contribution is 2.39. The summed E-state index contributed by atoms with van der Waals surface area (Å²) >= 11 is 0. The molecule has 0 aliphatic carbocycles. The van der Waals surface area contributed by atoms with E-state index < -0.39 is 0 Å². The van der Waals surface area contributed by atoms with Crippen LogP contribution in [-0.2, 0) is 0 Å². The predicted octanol–water partition coefficient (Wildman–Crippen LogP) is 14.6. The van der Waals surface area contributed by atoms with Gasteiger partial charge in [0.15, 0.2) is 5.82 Å². The highest BCUT2D eigenvalue weighted by Gasteiger charge is 2.14. The van der Waals surface area contributed by atoms with E-state index in [-0.39, 0.29) is 0 Å². The van der Waals surface area contributed by atoms with Crippen LogP contribution in [0.15, 0.2) is 213 Å². The van der Waals surface area contributed by atoms with Gasteiger partial charge in [-0.05, 0) is 106 Å². The molecule has 11 rings (SSSR count). The fourth-order valence-corrected chi connectivity index (χ4v) is 8.53. The van der Waals surface area contributed by atoms with Gasteiger partial charge in [0.25, 0.3) is 0 Å². The summed E-state index contributed by atoms with van der Waals surface area (Å²) < 4.78 is 0. The maximum Gasteiger partial charge on any atom is 0.160 e. The Morgan fingerprint density at radius 1 is 0.259 bits per heavy atom. The van der Waals surface area contributed by atoms with Crippen molar-refractivity contribution in [2.24, 2.45) is 0 Å². The monoisotopic (exact) mass is 737 g/mol. The number of aromatic nitrogens is 3. The fraction of sp³-hybridized carbons (Fsp3) is 0. The lowest BCUT2D eigenvalue weighted by Crippen LogP contribution is -1.96. The molecule has 0 aliphatic heterocycles. The van der Waals surface area contributed by atoms with Gasteiger partial charge < -0.3 is 0 Å². The number of nitrogens with zero attached hydrogens (tertiary/aromatic N) is 3. The Balaban J connectivity index is 1.25. The molecule has 0 unspecified atom stereocenters. The van der Waals surface area contributed by atoms with E-state index in [9.17, 15) is 0 Å². The standard InChI is InChI=1S/C55H35N3/c1-2-13-37(14-3-1)53-34-54(58-55(57-53)38-26-24-36(25-27-38)42-17-12-30-56-35-42)41-28-29-49-47-22-9-8-20-45(47)43-18-6-7-19-44(43)46-21-10-11-23-48(46)50-31-39-15-4-5-16-40(39)32-52(50)51(49)33-41/h1-35H. The van der Waals surface area contributed by atoms with Gasteiger partial charge in [-0.2, -0.15) is 0 Å². The van der Waals surface area contributed by atoms with Crippen LogP contribution in [0, 0.1) is 0 Å². The zero-order valence-electron chi connectivity index (χ0n) is 31.5. The third kappa shape index (κ3) is 5.89. The minimum Gasteiger partial charge on any atom is -0.264 e. The molecule has 270 valence electrons. The minimum atomic E-state index is 0.677. The van der Waals surface area contributed by atoms with E-state index in [1.54, 1.807) is 6.20 Å². The van der Waals surface area contributed by atoms with Gasteiger partial charge in [-0.3, -0.25) is 4.98 Å². The van der Waals surface area contributed by atoms with Gasteiger partial charge in [0.2, 0.25) is 0 Å². The average molecular weight is 738 g/mol. The maximum absolute atomic E-state index is 5.32. The van der Waals surface area contributed by atoms with Crippen LogP contribution in [0.1, 0.15) is 0 Å². The molecule has 0 spiro atoms. The first-order chi connectivity index (χ1) is 28.7. The Bertz CT molecular complexity index is 3430. The fourth-order valence-electron chi connectivity index (χ4n) is 8.53. The van der Waals surface area contributed by atoms with Gasteiger partial charge in [0.05, 0.1) is 11.4 Å². The van der Waals surface area contributed by atoms with E-state index >= 15 is 0 Å². The molecule has 2 heterocycles. The number of pyridine rings is 1. The highest BCUT2D eigenvalue weighted by molar-refractivity contribution is 6.27. The smallest absolute Gasteiger partial charge is 0.160 e. The first kappa shape index (κ1) is 33.6. The Labute approximate surface area is 335 Å². The molecule has 11 aromatic rings. The van der Waals surface area contributed by atoms with E-state index in [1.807, 2.05) is 18.3 Å². The maximum atomic E-state index is 5.32. The number of hydrogen-bond donors (Lipinski definition) is 0. The number of rotatable bonds is 4. The Morgan fingerprint density at radius 2 is 0.690 bits per heavy atom. The van der Waals surface area contributed by atoms with Crippen molar-refractivity contribution < 1.29 is 0 Å². The van der Waals surface area contributed by atoms with Gasteiger partial charge in [0.1, 0.15) is 0 Å². The molecule has 0 saturated heterocycles. The van der Waals surface area contributed by atoms with E-state index in [4.69, 9.17) is 9.97 Å². The summed E-state index contributed by atoms with van der Waals surface area (Å²) in [6.45, 7) is 0. The van der Waals surface area contributed by atoms with Crippen LogP contribution in [0.4, 0.5) is 0 Å². The van der Waals surface area contributed by atoms with Crippen molar-refractivity contribution in [3.05, 3.63) is 213 Å². The van der Waals surface area contributed by atoms with E-state index in [0.717, 1.165) is 44.6 Å². The number of fused-ring (bicyclic) bond motifs is 11. The zero-order chi connectivity index (χ0) is 38.4. The molecule has 0 N–H and O–H groups in total. The topological polar surface area (TPSA) is 38.7 Å². The lowest BCUT2D eigenvalue weighted by molar-refractivity contribution is 1.18. The third-order valence-electron chi connectivity index (χ3n) is 11.4. The molecule has 9 aromatic carbocycles. The molecule has 0 aliphatic rings. The highest BCUT2D eigenvalue weighted by atomic mass is 14.9. The van der Waals surface area contributed by atoms with Crippen molar-refractivity contribution in [2.75, 3.05) is 0 Å². The second-order valence-electron chi connectivity index (χ2n) is 14.8. The molecule has 0 amide bonds. The van der Waals surface area contributed by atoms with Crippen LogP contribution >= 0.6 is 0 Å². The normalized spacial score (nSPS) is 11.4. The average Bonchev–Trinajstić information content (AvgIpc) is 3.31. The quantitative estimate of drug-likeness (QED) is 0.181. The van der Waals surface area contributed by atoms with Crippen LogP contribution < -0.4 is 0 Å². The van der Waals surface area contributed by atoms with Gasteiger partial charge in [-0.15, -0.1) is 0 Å². The summed E-state index contributed by atoms with van der Waals surface area (Å²) in [6.07, 6.45) is 3.69. The minimum absolute atomic E-state index is 0.677. The molecule has 0 saturated carbocycles. The van der Waals surface area contributed by atoms with Crippen LogP contribution in [0.3, 0.4) is 0 Å². The molecule has 0 fully saturated rings. The second kappa shape index (κ2) is 14.1. The summed E-state index contributed by atoms with van der Waals surface area (Å²) in [5.41, 5.74) is 6.92. The molecule has 58 heavy (non-hydrogen) atoms. The molecule has 3 nitrogen and oxygen atoms in total. The Kier molecular flexibility index (Phi) is 8.15. The van der Waals surface area contributed by atoms with Gasteiger partial charge in [-0.25, -0.2) is 9.97 Å². The van der Waals surface area contributed by atoms with E-state index in [2.05, 4.69) is 193 Å². The van der Waals surface area contributed by atoms with Crippen molar-refractivity contribution >= 4 is 64.6 Å². The van der Waals surface area contributed by atoms with Gasteiger partial charge in [0, 0.05) is 29.1 Å². The summed E-state index contributed by atoms with van der Waals surface area (Å²) in [5, 5.41) is 14.4. The first-order valence-corrected chi connectivity index (χ1v) is 19.7. The summed E-state index contributed by atoms with van der Waals surface area (Å²) in [6, 6.07) is 71.9. The molecular weight excluding hydrogens is 703 g/mol. The van der Waals surface area contributed by atoms with Crippen molar-refractivity contribution in [3.8, 4) is 45.0 Å². The summed E-state index contributed by atoms with van der Waals surface area (Å²) in [4.78, 5) is 14.8. The molecule has 0 atom stereocenters. The van der Waals surface area contributed by atoms with Crippen LogP contribution in [0.25, 0.3) is 110 Å². The summed E-state index contributed by atoms with van der Waals surface area (Å²) in [5.74, 6) is 0.677. The number of benzene rings is 8. The molecule has 3 heteroatoms. The van der Waals surface area contributed by atoms with Crippen molar-refractivity contribution in [2.45, 2.75) is 0 Å². The van der Waals surface area contributed by atoms with E-state index in [1.165, 1.54) is 59.2 Å². The molecule has 0 radical (unpaired) electrons. The second-order valence-corrected chi connectivity index (χ2v) is 14.8. The molecule has 0 bridgehead atoms. The van der Waals surface area contributed by atoms with E-state index in [0.29, 0.717) is 5.82 Å².